The van der Waals surface area contributed by atoms with Gasteiger partial charge in [-0.25, -0.2) is 4.79 Å². The predicted octanol–water partition coefficient (Wildman–Crippen LogP) is 1.34. The maximum absolute atomic E-state index is 14.7. The number of urea groups is 1. The molecule has 0 aromatic carbocycles. The fourth-order valence-corrected chi connectivity index (χ4v) is 8.25. The largest absolute Gasteiger partial charge is 0.380 e. The highest BCUT2D eigenvalue weighted by molar-refractivity contribution is 6.37. The number of carbonyl (C=O) groups is 6. The number of likely N-dealkylation sites (tertiary alicyclic amines) is 1. The number of nitrogens with two attached hydrogens (primary N) is 2. The minimum Gasteiger partial charge on any atom is -0.380 e. The lowest BCUT2D eigenvalue weighted by molar-refractivity contribution is -0.143. The van der Waals surface area contributed by atoms with Gasteiger partial charge >= 0.3 is 6.03 Å². The molecule has 14 heteroatoms. The molecule has 0 radical (unpaired) electrons. The summed E-state index contributed by atoms with van der Waals surface area (Å²) in [5, 5.41) is 11.5. The Bertz CT molecular complexity index is 1380. The molecule has 2 saturated heterocycles. The van der Waals surface area contributed by atoms with Gasteiger partial charge in [-0.05, 0) is 48.9 Å². The molecule has 0 bridgehead atoms. The number of fused-ring (bicyclic) bond motifs is 1. The Kier molecular flexibility index (Phi) is 10.6. The van der Waals surface area contributed by atoms with Crippen LogP contribution in [0, 0.1) is 33.0 Å². The van der Waals surface area contributed by atoms with Crippen LogP contribution in [-0.2, 0) is 28.7 Å². The van der Waals surface area contributed by atoms with Gasteiger partial charge in [0.05, 0.1) is 30.8 Å². The molecule has 1 unspecified atom stereocenters. The molecular formula is C36H61N7O7. The van der Waals surface area contributed by atoms with Crippen molar-refractivity contribution < 1.29 is 33.5 Å². The van der Waals surface area contributed by atoms with Crippen LogP contribution in [0.25, 0.3) is 0 Å². The monoisotopic (exact) mass is 703 g/mol. The highest BCUT2D eigenvalue weighted by atomic mass is 16.5. The Morgan fingerprint density at radius 2 is 1.48 bits per heavy atom. The first-order valence-electron chi connectivity index (χ1n) is 18.0. The Morgan fingerprint density at radius 3 is 1.90 bits per heavy atom. The van der Waals surface area contributed by atoms with Crippen LogP contribution >= 0.6 is 0 Å². The van der Waals surface area contributed by atoms with E-state index < -0.39 is 75.5 Å². The van der Waals surface area contributed by atoms with Crippen LogP contribution in [0.1, 0.15) is 101 Å². The number of ether oxygens (including phenoxy) is 1. The average Bonchev–Trinajstić information content (AvgIpc) is 3.16. The highest BCUT2D eigenvalue weighted by Gasteiger charge is 2.86. The molecule has 4 aliphatic rings. The third-order valence-corrected chi connectivity index (χ3v) is 12.3. The maximum atomic E-state index is 14.7. The van der Waals surface area contributed by atoms with Gasteiger partial charge in [0.1, 0.15) is 12.1 Å². The fraction of sp³-hybridized carbons (Fsp3) is 0.833. The zero-order valence-electron chi connectivity index (χ0n) is 31.7. The Labute approximate surface area is 296 Å². The summed E-state index contributed by atoms with van der Waals surface area (Å²) in [4.78, 5) is 81.4. The molecule has 50 heavy (non-hydrogen) atoms. The maximum Gasteiger partial charge on any atom is 0.315 e. The van der Waals surface area contributed by atoms with Crippen molar-refractivity contribution in [1.82, 2.24) is 26.2 Å². The fourth-order valence-electron chi connectivity index (χ4n) is 8.25. The first-order chi connectivity index (χ1) is 22.8. The van der Waals surface area contributed by atoms with Gasteiger partial charge in [0.2, 0.25) is 23.5 Å². The minimum absolute atomic E-state index is 0.118. The second-order valence-electron chi connectivity index (χ2n) is 18.6. The number of rotatable bonds is 12. The number of nitrogens with zero attached hydrogens (tertiary/aromatic N) is 1. The first kappa shape index (κ1) is 39.5. The van der Waals surface area contributed by atoms with Gasteiger partial charge < -0.3 is 42.4 Å². The molecular weight excluding hydrogens is 642 g/mol. The molecule has 2 aliphatic heterocycles. The third kappa shape index (κ3) is 7.24. The summed E-state index contributed by atoms with van der Waals surface area (Å²) >= 11 is 0. The number of hydrogen-bond acceptors (Lipinski definition) is 8. The van der Waals surface area contributed by atoms with Crippen LogP contribution in [0.3, 0.4) is 0 Å². The minimum atomic E-state index is -1.11. The third-order valence-electron chi connectivity index (χ3n) is 12.3. The van der Waals surface area contributed by atoms with Crippen molar-refractivity contribution in [2.45, 2.75) is 131 Å². The van der Waals surface area contributed by atoms with E-state index in [0.717, 1.165) is 19.3 Å². The molecule has 0 aromatic rings. The Morgan fingerprint density at radius 1 is 0.880 bits per heavy atom. The highest BCUT2D eigenvalue weighted by Crippen LogP contribution is 2.84. The molecule has 2 spiro atoms. The molecule has 4 fully saturated rings. The summed E-state index contributed by atoms with van der Waals surface area (Å²) in [6.07, 6.45) is 3.50. The lowest BCUT2D eigenvalue weighted by Gasteiger charge is -2.37. The zero-order valence-corrected chi connectivity index (χ0v) is 31.7. The van der Waals surface area contributed by atoms with Crippen molar-refractivity contribution >= 4 is 35.4 Å². The number of nitrogens with one attached hydrogen (secondary N) is 4. The van der Waals surface area contributed by atoms with E-state index in [1.807, 2.05) is 41.5 Å². The number of ketones is 1. The van der Waals surface area contributed by atoms with Crippen LogP contribution in [0.4, 0.5) is 4.79 Å². The Hall–Kier alpha value is -3.26. The van der Waals surface area contributed by atoms with E-state index >= 15 is 0 Å². The normalized spacial score (nSPS) is 25.8. The summed E-state index contributed by atoms with van der Waals surface area (Å²) in [6.45, 7) is 20.2. The molecule has 0 aromatic heterocycles. The van der Waals surface area contributed by atoms with Crippen molar-refractivity contribution in [3.8, 4) is 0 Å². The smallest absolute Gasteiger partial charge is 0.315 e. The van der Waals surface area contributed by atoms with Crippen molar-refractivity contribution in [2.24, 2.45) is 44.5 Å². The SMILES string of the molecule is CC(C)(N)C(=O)NC[C@@H](NC(=O)N[C@H](C(=O)N1C[C@]2(C[C@H]1C(=O)NC(CC1CCC1)C(=O)C(N)=O)C(C)(C)C21COC1)C(C)(C)C)C(C)(C)C. The Balaban J connectivity index is 1.59. The summed E-state index contributed by atoms with van der Waals surface area (Å²) < 4.78 is 5.67. The number of amides is 6. The summed E-state index contributed by atoms with van der Waals surface area (Å²) in [7, 11) is 0. The molecule has 2 aliphatic carbocycles. The molecule has 2 heterocycles. The van der Waals surface area contributed by atoms with E-state index in [4.69, 9.17) is 16.2 Å². The van der Waals surface area contributed by atoms with Gasteiger partial charge in [-0.1, -0.05) is 74.7 Å². The second-order valence-corrected chi connectivity index (χ2v) is 18.6. The quantitative estimate of drug-likeness (QED) is 0.163. The average molecular weight is 704 g/mol. The summed E-state index contributed by atoms with van der Waals surface area (Å²) in [5.41, 5.74) is 8.14. The van der Waals surface area contributed by atoms with E-state index in [9.17, 15) is 28.8 Å². The number of carbonyl (C=O) groups excluding carboxylic acids is 6. The number of Topliss-reactive ketones (excluding diaryl/α,β-unsaturated/α-hetero) is 1. The van der Waals surface area contributed by atoms with Crippen LogP contribution < -0.4 is 32.7 Å². The molecule has 14 nitrogen and oxygen atoms in total. The van der Waals surface area contributed by atoms with Crippen molar-refractivity contribution in [3.63, 3.8) is 0 Å². The molecule has 4 rings (SSSR count). The second kappa shape index (κ2) is 13.4. The van der Waals surface area contributed by atoms with Crippen LogP contribution in [0.15, 0.2) is 0 Å². The van der Waals surface area contributed by atoms with Crippen molar-refractivity contribution in [2.75, 3.05) is 26.3 Å². The standard InChI is InChI=1S/C36H61N7O7/c1-31(2,3)23(16-39-29(48)33(7,8)38)41-30(49)42-25(32(4,5)6)28(47)43-17-35(34(9,10)36(35)18-50-19-36)15-22(43)27(46)40-21(24(44)26(37)45)14-20-12-11-13-20/h20-23,25H,11-19,38H2,1-10H3,(H2,37,45)(H,39,48)(H,40,46)(H2,41,42,49)/t21?,22-,23+,25+,35+/m0/s1. The predicted molar refractivity (Wildman–Crippen MR) is 187 cm³/mol. The molecule has 6 amide bonds. The van der Waals surface area contributed by atoms with E-state index in [1.165, 1.54) is 0 Å². The van der Waals surface area contributed by atoms with Crippen LogP contribution in [0.2, 0.25) is 0 Å². The lowest BCUT2D eigenvalue weighted by Crippen LogP contribution is -2.62. The summed E-state index contributed by atoms with van der Waals surface area (Å²) in [6, 6.07) is -4.18. The molecule has 282 valence electrons. The van der Waals surface area contributed by atoms with Gasteiger partial charge in [-0.15, -0.1) is 0 Å². The zero-order chi connectivity index (χ0) is 37.8. The van der Waals surface area contributed by atoms with E-state index in [0.29, 0.717) is 26.1 Å². The number of primary amides is 1. The molecule has 5 atom stereocenters. The van der Waals surface area contributed by atoms with Gasteiger partial charge in [-0.2, -0.15) is 0 Å². The van der Waals surface area contributed by atoms with Gasteiger partial charge in [0.25, 0.3) is 5.91 Å². The van der Waals surface area contributed by atoms with Gasteiger partial charge in [0.15, 0.2) is 0 Å². The van der Waals surface area contributed by atoms with E-state index in [-0.39, 0.29) is 35.7 Å². The van der Waals surface area contributed by atoms with E-state index in [1.54, 1.807) is 18.7 Å². The topological polar surface area (TPSA) is 215 Å². The molecule has 8 N–H and O–H groups in total. The van der Waals surface area contributed by atoms with Crippen molar-refractivity contribution in [3.05, 3.63) is 0 Å². The molecule has 2 saturated carbocycles. The number of hydrogen-bond donors (Lipinski definition) is 6. The van der Waals surface area contributed by atoms with Gasteiger partial charge in [-0.3, -0.25) is 24.0 Å². The summed E-state index contributed by atoms with van der Waals surface area (Å²) in [5.74, 6) is -3.07. The lowest BCUT2D eigenvalue weighted by atomic mass is 9.80. The van der Waals surface area contributed by atoms with Gasteiger partial charge in [0, 0.05) is 23.9 Å². The van der Waals surface area contributed by atoms with Crippen LogP contribution in [-0.4, -0.2) is 96.4 Å². The van der Waals surface area contributed by atoms with Crippen LogP contribution in [0.5, 0.6) is 0 Å². The van der Waals surface area contributed by atoms with E-state index in [2.05, 4.69) is 35.1 Å². The van der Waals surface area contributed by atoms with Crippen molar-refractivity contribution in [1.29, 1.82) is 0 Å². The first-order valence-corrected chi connectivity index (χ1v) is 18.0.